The van der Waals surface area contributed by atoms with Crippen molar-refractivity contribution < 1.29 is 4.92 Å². The lowest BCUT2D eigenvalue weighted by Gasteiger charge is -2.10. The van der Waals surface area contributed by atoms with E-state index in [0.29, 0.717) is 5.69 Å². The Morgan fingerprint density at radius 1 is 1.40 bits per heavy atom. The Kier molecular flexibility index (Phi) is 4.70. The highest BCUT2D eigenvalue weighted by molar-refractivity contribution is 5.65. The van der Waals surface area contributed by atoms with Crippen LogP contribution < -0.4 is 5.32 Å². The number of imidazole rings is 1. The molecule has 0 bridgehead atoms. The van der Waals surface area contributed by atoms with Crippen LogP contribution in [0.15, 0.2) is 36.9 Å². The molecule has 0 radical (unpaired) electrons. The van der Waals surface area contributed by atoms with Crippen molar-refractivity contribution in [1.29, 1.82) is 0 Å². The number of hydrogen-bond donors (Lipinski definition) is 1. The lowest BCUT2D eigenvalue weighted by molar-refractivity contribution is -0.384. The largest absolute Gasteiger partial charge is 0.379 e. The van der Waals surface area contributed by atoms with Crippen LogP contribution in [0.2, 0.25) is 0 Å². The lowest BCUT2D eigenvalue weighted by Crippen LogP contribution is -2.07. The van der Waals surface area contributed by atoms with Gasteiger partial charge in [0, 0.05) is 31.5 Å². The summed E-state index contributed by atoms with van der Waals surface area (Å²) in [6.45, 7) is 3.51. The molecule has 0 unspecified atom stereocenters. The molecule has 2 rings (SSSR count). The predicted molar refractivity (Wildman–Crippen MR) is 77.8 cm³/mol. The molecular formula is C14H18N4O2. The molecule has 0 aliphatic rings. The number of unbranched alkanes of at least 4 members (excludes halogenated alkanes) is 1. The summed E-state index contributed by atoms with van der Waals surface area (Å²) < 4.78 is 2.02. The summed E-state index contributed by atoms with van der Waals surface area (Å²) in [5, 5.41) is 14.1. The van der Waals surface area contributed by atoms with Crippen molar-refractivity contribution >= 4 is 11.4 Å². The van der Waals surface area contributed by atoms with E-state index in [2.05, 4.69) is 10.3 Å². The monoisotopic (exact) mass is 274 g/mol. The first-order valence-corrected chi connectivity index (χ1v) is 6.62. The quantitative estimate of drug-likeness (QED) is 0.478. The fourth-order valence-electron chi connectivity index (χ4n) is 2.09. The summed E-state index contributed by atoms with van der Waals surface area (Å²) in [5.41, 5.74) is 1.66. The third-order valence-corrected chi connectivity index (χ3v) is 3.15. The Morgan fingerprint density at radius 2 is 2.25 bits per heavy atom. The zero-order valence-electron chi connectivity index (χ0n) is 11.5. The van der Waals surface area contributed by atoms with E-state index in [1.54, 1.807) is 18.6 Å². The van der Waals surface area contributed by atoms with Crippen LogP contribution in [-0.2, 0) is 6.54 Å². The molecule has 1 aromatic heterocycles. The van der Waals surface area contributed by atoms with Crippen molar-refractivity contribution in [2.45, 2.75) is 26.3 Å². The van der Waals surface area contributed by atoms with Crippen LogP contribution in [0.5, 0.6) is 0 Å². The van der Waals surface area contributed by atoms with Crippen LogP contribution in [0, 0.1) is 17.0 Å². The molecule has 0 saturated heterocycles. The van der Waals surface area contributed by atoms with Crippen molar-refractivity contribution in [1.82, 2.24) is 9.55 Å². The zero-order valence-corrected chi connectivity index (χ0v) is 11.5. The number of hydrogen-bond acceptors (Lipinski definition) is 4. The fourth-order valence-corrected chi connectivity index (χ4v) is 2.09. The first-order valence-electron chi connectivity index (χ1n) is 6.62. The molecule has 0 amide bonds. The van der Waals surface area contributed by atoms with Crippen molar-refractivity contribution in [3.8, 4) is 0 Å². The Bertz CT molecular complexity index is 567. The van der Waals surface area contributed by atoms with Gasteiger partial charge >= 0.3 is 0 Å². The highest BCUT2D eigenvalue weighted by Crippen LogP contribution is 2.27. The first kappa shape index (κ1) is 14.0. The van der Waals surface area contributed by atoms with Crippen LogP contribution >= 0.6 is 0 Å². The number of benzene rings is 1. The average Bonchev–Trinajstić information content (AvgIpc) is 2.92. The van der Waals surface area contributed by atoms with Gasteiger partial charge in [0.1, 0.15) is 5.69 Å². The predicted octanol–water partition coefficient (Wildman–Crippen LogP) is 2.99. The van der Waals surface area contributed by atoms with Crippen molar-refractivity contribution in [2.24, 2.45) is 0 Å². The van der Waals surface area contributed by atoms with E-state index >= 15 is 0 Å². The van der Waals surface area contributed by atoms with Crippen LogP contribution in [0.1, 0.15) is 18.4 Å². The van der Waals surface area contributed by atoms with Crippen molar-refractivity contribution in [2.75, 3.05) is 11.9 Å². The minimum absolute atomic E-state index is 0.139. The number of rotatable bonds is 7. The number of nitrogens with zero attached hydrogens (tertiary/aromatic N) is 3. The third kappa shape index (κ3) is 3.57. The van der Waals surface area contributed by atoms with Gasteiger partial charge in [-0.2, -0.15) is 0 Å². The van der Waals surface area contributed by atoms with E-state index in [1.807, 2.05) is 23.8 Å². The first-order chi connectivity index (χ1) is 9.68. The van der Waals surface area contributed by atoms with Crippen molar-refractivity contribution in [3.05, 3.63) is 52.6 Å². The Hall–Kier alpha value is -2.37. The van der Waals surface area contributed by atoms with Gasteiger partial charge in [-0.1, -0.05) is 12.1 Å². The van der Waals surface area contributed by atoms with Gasteiger partial charge in [0.2, 0.25) is 0 Å². The van der Waals surface area contributed by atoms with Gasteiger partial charge in [-0.3, -0.25) is 10.1 Å². The maximum Gasteiger partial charge on any atom is 0.292 e. The summed E-state index contributed by atoms with van der Waals surface area (Å²) in [5.74, 6) is 0. The Balaban J connectivity index is 1.83. The van der Waals surface area contributed by atoms with E-state index in [1.165, 1.54) is 6.07 Å². The topological polar surface area (TPSA) is 73.0 Å². The second-order valence-corrected chi connectivity index (χ2v) is 4.66. The number of anilines is 1. The summed E-state index contributed by atoms with van der Waals surface area (Å²) in [7, 11) is 0. The molecule has 2 aromatic rings. The molecule has 6 heteroatoms. The molecule has 0 spiro atoms. The molecule has 0 fully saturated rings. The minimum Gasteiger partial charge on any atom is -0.379 e. The molecule has 106 valence electrons. The highest BCUT2D eigenvalue weighted by atomic mass is 16.6. The third-order valence-electron chi connectivity index (χ3n) is 3.15. The van der Waals surface area contributed by atoms with Crippen LogP contribution in [0.3, 0.4) is 0 Å². The van der Waals surface area contributed by atoms with Crippen LogP contribution in [0.4, 0.5) is 11.4 Å². The molecule has 1 N–H and O–H groups in total. The van der Waals surface area contributed by atoms with Gasteiger partial charge in [-0.05, 0) is 25.3 Å². The maximum atomic E-state index is 11.0. The van der Waals surface area contributed by atoms with Gasteiger partial charge in [0.05, 0.1) is 11.3 Å². The molecule has 0 aliphatic heterocycles. The fraction of sp³-hybridized carbons (Fsp3) is 0.357. The molecule has 0 aliphatic carbocycles. The van der Waals surface area contributed by atoms with E-state index in [-0.39, 0.29) is 10.6 Å². The van der Waals surface area contributed by atoms with E-state index < -0.39 is 0 Å². The molecule has 1 heterocycles. The number of aryl methyl sites for hydroxylation is 2. The summed E-state index contributed by atoms with van der Waals surface area (Å²) in [6, 6.07) is 5.11. The Morgan fingerprint density at radius 3 is 2.95 bits per heavy atom. The number of aromatic nitrogens is 2. The number of nitrogens with one attached hydrogen (secondary N) is 1. The van der Waals surface area contributed by atoms with Gasteiger partial charge < -0.3 is 9.88 Å². The second-order valence-electron chi connectivity index (χ2n) is 4.66. The van der Waals surface area contributed by atoms with E-state index in [4.69, 9.17) is 0 Å². The molecule has 20 heavy (non-hydrogen) atoms. The zero-order chi connectivity index (χ0) is 14.4. The molecule has 0 atom stereocenters. The molecular weight excluding hydrogens is 256 g/mol. The molecule has 0 saturated carbocycles. The summed E-state index contributed by atoms with van der Waals surface area (Å²) in [4.78, 5) is 14.6. The van der Waals surface area contributed by atoms with Gasteiger partial charge in [0.25, 0.3) is 5.69 Å². The maximum absolute atomic E-state index is 11.0. The second kappa shape index (κ2) is 6.70. The number of nitro benzene ring substituents is 1. The standard InChI is InChI=1S/C14H18N4O2/c1-12-5-4-6-13(18(19)20)14(12)16-7-2-3-9-17-10-8-15-11-17/h4-6,8,10-11,16H,2-3,7,9H2,1H3. The SMILES string of the molecule is Cc1cccc([N+](=O)[O-])c1NCCCCn1ccnc1. The highest BCUT2D eigenvalue weighted by Gasteiger charge is 2.14. The van der Waals surface area contributed by atoms with Gasteiger partial charge in [-0.25, -0.2) is 4.98 Å². The number of para-hydroxylation sites is 1. The smallest absolute Gasteiger partial charge is 0.292 e. The van der Waals surface area contributed by atoms with Crippen LogP contribution in [-0.4, -0.2) is 21.0 Å². The number of nitro groups is 1. The molecule has 6 nitrogen and oxygen atoms in total. The van der Waals surface area contributed by atoms with E-state index in [0.717, 1.165) is 31.5 Å². The van der Waals surface area contributed by atoms with Crippen LogP contribution in [0.25, 0.3) is 0 Å². The average molecular weight is 274 g/mol. The summed E-state index contributed by atoms with van der Waals surface area (Å²) in [6.07, 6.45) is 7.43. The molecule has 1 aromatic carbocycles. The Labute approximate surface area is 117 Å². The summed E-state index contributed by atoms with van der Waals surface area (Å²) >= 11 is 0. The van der Waals surface area contributed by atoms with Gasteiger partial charge in [-0.15, -0.1) is 0 Å². The normalized spacial score (nSPS) is 10.4. The van der Waals surface area contributed by atoms with Gasteiger partial charge in [0.15, 0.2) is 0 Å². The van der Waals surface area contributed by atoms with Crippen molar-refractivity contribution in [3.63, 3.8) is 0 Å². The lowest BCUT2D eigenvalue weighted by atomic mass is 10.1. The van der Waals surface area contributed by atoms with E-state index in [9.17, 15) is 10.1 Å². The minimum atomic E-state index is -0.346.